The summed E-state index contributed by atoms with van der Waals surface area (Å²) in [5, 5.41) is 2.80. The van der Waals surface area contributed by atoms with Crippen LogP contribution in [-0.4, -0.2) is 34.5 Å². The van der Waals surface area contributed by atoms with Gasteiger partial charge in [0.2, 0.25) is 5.95 Å². The Morgan fingerprint density at radius 2 is 2.04 bits per heavy atom. The van der Waals surface area contributed by atoms with E-state index in [0.29, 0.717) is 5.56 Å². The molecule has 2 aromatic rings. The second-order valence-corrected chi connectivity index (χ2v) is 6.37. The maximum Gasteiger partial charge on any atom is 0.433 e. The molecule has 1 aliphatic heterocycles. The Balaban J connectivity index is 1.71. The molecule has 0 aromatic carbocycles. The Morgan fingerprint density at radius 1 is 1.26 bits per heavy atom. The van der Waals surface area contributed by atoms with E-state index in [9.17, 15) is 26.7 Å². The van der Waals surface area contributed by atoms with Gasteiger partial charge >= 0.3 is 6.18 Å². The fourth-order valence-electron chi connectivity index (χ4n) is 2.93. The largest absolute Gasteiger partial charge is 0.433 e. The van der Waals surface area contributed by atoms with Gasteiger partial charge in [-0.2, -0.15) is 17.6 Å². The van der Waals surface area contributed by atoms with Crippen LogP contribution in [0, 0.1) is 5.95 Å². The molecular formula is C18H16F5N3O. The number of carbonyl (C=O) groups is 1. The van der Waals surface area contributed by atoms with Gasteiger partial charge in [0.25, 0.3) is 0 Å². The van der Waals surface area contributed by atoms with Gasteiger partial charge in [0.15, 0.2) is 0 Å². The molecule has 2 aromatic heterocycles. The average molecular weight is 385 g/mol. The van der Waals surface area contributed by atoms with Crippen LogP contribution in [0.15, 0.2) is 30.5 Å². The highest BCUT2D eigenvalue weighted by Gasteiger charge is 2.32. The summed E-state index contributed by atoms with van der Waals surface area (Å²) < 4.78 is 64.7. The highest BCUT2D eigenvalue weighted by Crippen LogP contribution is 2.29. The SMILES string of the molecule is O=C(CCc1cc(F)nc(-c2ccc(C(F)(F)F)nc2)c1)[C@@H]1C[C@@H](F)CN1. The predicted molar refractivity (Wildman–Crippen MR) is 87.1 cm³/mol. The Kier molecular flexibility index (Phi) is 5.50. The highest BCUT2D eigenvalue weighted by atomic mass is 19.4. The third-order valence-corrected chi connectivity index (χ3v) is 4.33. The Labute approximate surface area is 151 Å². The topological polar surface area (TPSA) is 54.9 Å². The van der Waals surface area contributed by atoms with E-state index >= 15 is 0 Å². The molecular weight excluding hydrogens is 369 g/mol. The third kappa shape index (κ3) is 4.85. The van der Waals surface area contributed by atoms with Crippen LogP contribution in [0.25, 0.3) is 11.3 Å². The molecule has 3 heterocycles. The first-order valence-corrected chi connectivity index (χ1v) is 8.32. The zero-order chi connectivity index (χ0) is 19.6. The summed E-state index contributed by atoms with van der Waals surface area (Å²) in [5.41, 5.74) is -0.224. The number of ketones is 1. The van der Waals surface area contributed by atoms with Crippen molar-refractivity contribution in [3.05, 3.63) is 47.7 Å². The molecule has 0 saturated carbocycles. The van der Waals surface area contributed by atoms with E-state index in [2.05, 4.69) is 15.3 Å². The molecule has 0 radical (unpaired) electrons. The average Bonchev–Trinajstić information content (AvgIpc) is 3.05. The summed E-state index contributed by atoms with van der Waals surface area (Å²) in [6.45, 7) is 0.144. The molecule has 0 bridgehead atoms. The summed E-state index contributed by atoms with van der Waals surface area (Å²) in [4.78, 5) is 19.1. The van der Waals surface area contributed by atoms with Crippen LogP contribution in [0.1, 0.15) is 24.1 Å². The van der Waals surface area contributed by atoms with Crippen LogP contribution in [0.5, 0.6) is 0 Å². The van der Waals surface area contributed by atoms with Crippen molar-refractivity contribution >= 4 is 5.78 Å². The molecule has 1 fully saturated rings. The number of aromatic nitrogens is 2. The van der Waals surface area contributed by atoms with Crippen molar-refractivity contribution in [3.8, 4) is 11.3 Å². The number of hydrogen-bond acceptors (Lipinski definition) is 4. The first kappa shape index (κ1) is 19.3. The zero-order valence-electron chi connectivity index (χ0n) is 14.1. The predicted octanol–water partition coefficient (Wildman–Crippen LogP) is 3.50. The number of carbonyl (C=O) groups excluding carboxylic acids is 1. The molecule has 27 heavy (non-hydrogen) atoms. The van der Waals surface area contributed by atoms with Crippen molar-refractivity contribution in [3.63, 3.8) is 0 Å². The van der Waals surface area contributed by atoms with E-state index in [1.807, 2.05) is 0 Å². The van der Waals surface area contributed by atoms with Gasteiger partial charge in [-0.25, -0.2) is 9.37 Å². The first-order valence-electron chi connectivity index (χ1n) is 8.32. The van der Waals surface area contributed by atoms with Crippen molar-refractivity contribution < 1.29 is 26.7 Å². The van der Waals surface area contributed by atoms with Crippen LogP contribution in [0.2, 0.25) is 0 Å². The summed E-state index contributed by atoms with van der Waals surface area (Å²) in [6, 6.07) is 4.08. The zero-order valence-corrected chi connectivity index (χ0v) is 14.1. The van der Waals surface area contributed by atoms with Crippen molar-refractivity contribution in [1.82, 2.24) is 15.3 Å². The number of alkyl halides is 4. The lowest BCUT2D eigenvalue weighted by Gasteiger charge is -2.10. The number of Topliss-reactive ketones (excluding diaryl/α,β-unsaturated/α-hetero) is 1. The van der Waals surface area contributed by atoms with E-state index in [4.69, 9.17) is 0 Å². The Hall–Kier alpha value is -2.42. The highest BCUT2D eigenvalue weighted by molar-refractivity contribution is 5.84. The van der Waals surface area contributed by atoms with Gasteiger partial charge in [-0.3, -0.25) is 9.78 Å². The Bertz CT molecular complexity index is 823. The molecule has 0 aliphatic carbocycles. The van der Waals surface area contributed by atoms with Crippen LogP contribution < -0.4 is 5.32 Å². The lowest BCUT2D eigenvalue weighted by atomic mass is 10.0. The van der Waals surface area contributed by atoms with E-state index in [-0.39, 0.29) is 42.8 Å². The molecule has 0 unspecified atom stereocenters. The molecule has 0 amide bonds. The lowest BCUT2D eigenvalue weighted by molar-refractivity contribution is -0.141. The molecule has 1 saturated heterocycles. The fraction of sp³-hybridized carbons (Fsp3) is 0.389. The molecule has 1 N–H and O–H groups in total. The van der Waals surface area contributed by atoms with E-state index in [1.165, 1.54) is 6.07 Å². The van der Waals surface area contributed by atoms with Crippen LogP contribution in [-0.2, 0) is 17.4 Å². The number of nitrogens with one attached hydrogen (secondary N) is 1. The van der Waals surface area contributed by atoms with Gasteiger partial charge in [-0.1, -0.05) is 0 Å². The molecule has 2 atom stereocenters. The smallest absolute Gasteiger partial charge is 0.304 e. The molecule has 0 spiro atoms. The van der Waals surface area contributed by atoms with Crippen molar-refractivity contribution in [1.29, 1.82) is 0 Å². The maximum atomic E-state index is 13.8. The number of rotatable bonds is 5. The number of aryl methyl sites for hydroxylation is 1. The van der Waals surface area contributed by atoms with E-state index in [0.717, 1.165) is 24.4 Å². The third-order valence-electron chi connectivity index (χ3n) is 4.33. The van der Waals surface area contributed by atoms with Crippen molar-refractivity contribution in [2.75, 3.05) is 6.54 Å². The van der Waals surface area contributed by atoms with Crippen molar-refractivity contribution in [2.45, 2.75) is 37.7 Å². The standard InChI is InChI=1S/C18H16F5N3O/c19-12-7-14(24-9-12)15(27)3-1-10-5-13(26-17(20)6-10)11-2-4-16(25-8-11)18(21,22)23/h2,4-6,8,12,14,24H,1,3,7,9H2/t12-,14+/m1/s1. The summed E-state index contributed by atoms with van der Waals surface area (Å²) >= 11 is 0. The second kappa shape index (κ2) is 7.67. The second-order valence-electron chi connectivity index (χ2n) is 6.37. The van der Waals surface area contributed by atoms with Gasteiger partial charge in [-0.05, 0) is 36.2 Å². The summed E-state index contributed by atoms with van der Waals surface area (Å²) in [5.74, 6) is -0.970. The van der Waals surface area contributed by atoms with Crippen LogP contribution >= 0.6 is 0 Å². The number of nitrogens with zero attached hydrogens (tertiary/aromatic N) is 2. The number of halogens is 5. The monoisotopic (exact) mass is 385 g/mol. The molecule has 1 aliphatic rings. The number of pyridine rings is 2. The van der Waals surface area contributed by atoms with Gasteiger partial charge in [0.05, 0.1) is 11.7 Å². The number of hydrogen-bond donors (Lipinski definition) is 1. The normalized spacial score (nSPS) is 20.0. The molecule has 144 valence electrons. The summed E-state index contributed by atoms with van der Waals surface area (Å²) in [7, 11) is 0. The van der Waals surface area contributed by atoms with Gasteiger partial charge < -0.3 is 5.32 Å². The first-order chi connectivity index (χ1) is 12.7. The van der Waals surface area contributed by atoms with Crippen molar-refractivity contribution in [2.24, 2.45) is 0 Å². The van der Waals surface area contributed by atoms with Gasteiger partial charge in [0, 0.05) is 31.1 Å². The van der Waals surface area contributed by atoms with Gasteiger partial charge in [-0.15, -0.1) is 0 Å². The maximum absolute atomic E-state index is 13.8. The van der Waals surface area contributed by atoms with E-state index in [1.54, 1.807) is 0 Å². The molecule has 4 nitrogen and oxygen atoms in total. The molecule has 3 rings (SSSR count). The van der Waals surface area contributed by atoms with Crippen LogP contribution in [0.3, 0.4) is 0 Å². The quantitative estimate of drug-likeness (QED) is 0.632. The minimum Gasteiger partial charge on any atom is -0.304 e. The summed E-state index contributed by atoms with van der Waals surface area (Å²) in [6.07, 6.45) is -4.19. The minimum atomic E-state index is -4.56. The Morgan fingerprint density at radius 3 is 2.63 bits per heavy atom. The fourth-order valence-corrected chi connectivity index (χ4v) is 2.93. The minimum absolute atomic E-state index is 0.0958. The molecule has 9 heteroatoms. The van der Waals surface area contributed by atoms with Gasteiger partial charge in [0.1, 0.15) is 17.6 Å². The van der Waals surface area contributed by atoms with E-state index < -0.39 is 30.0 Å². The lowest BCUT2D eigenvalue weighted by Crippen LogP contribution is -2.30. The van der Waals surface area contributed by atoms with Crippen LogP contribution in [0.4, 0.5) is 22.0 Å².